The maximum Gasteiger partial charge on any atom is 0.251 e. The summed E-state index contributed by atoms with van der Waals surface area (Å²) in [4.78, 5) is 52.3. The van der Waals surface area contributed by atoms with E-state index < -0.39 is 41.3 Å². The lowest BCUT2D eigenvalue weighted by Crippen LogP contribution is -2.74. The largest absolute Gasteiger partial charge is 0.489 e. The van der Waals surface area contributed by atoms with E-state index in [1.165, 1.54) is 4.90 Å². The molecule has 1 aliphatic heterocycles. The number of unbranched alkanes of at least 4 members (excludes halogenated alkanes) is 2. The summed E-state index contributed by atoms with van der Waals surface area (Å²) >= 11 is 3.42. The zero-order valence-electron chi connectivity index (χ0n) is 32.1. The maximum absolute atomic E-state index is 13.3. The van der Waals surface area contributed by atoms with E-state index in [0.29, 0.717) is 40.8 Å². The van der Waals surface area contributed by atoms with Gasteiger partial charge >= 0.3 is 0 Å². The van der Waals surface area contributed by atoms with Crippen LogP contribution >= 0.6 is 15.9 Å². The van der Waals surface area contributed by atoms with Crippen LogP contribution in [0.3, 0.4) is 0 Å². The smallest absolute Gasteiger partial charge is 0.251 e. The highest BCUT2D eigenvalue weighted by Gasteiger charge is 2.64. The molecule has 12 nitrogen and oxygen atoms in total. The number of carbonyl (C=O) groups excluding carboxylic acids is 4. The average Bonchev–Trinajstić information content (AvgIpc) is 3.50. The monoisotopic (exact) mass is 805 g/mol. The number of nitrogens with one attached hydrogen (secondary N) is 2. The van der Waals surface area contributed by atoms with Crippen LogP contribution in [-0.4, -0.2) is 83.7 Å². The Morgan fingerprint density at radius 1 is 1.07 bits per heavy atom. The van der Waals surface area contributed by atoms with Crippen molar-refractivity contribution in [1.82, 2.24) is 15.5 Å². The Bertz CT molecular complexity index is 1800. The second kappa shape index (κ2) is 17.4. The summed E-state index contributed by atoms with van der Waals surface area (Å²) in [5, 5.41) is 25.2. The predicted octanol–water partition coefficient (Wildman–Crippen LogP) is 4.45. The minimum absolute atomic E-state index is 0.0194. The number of hydrogen-bond acceptors (Lipinski definition) is 8. The van der Waals surface area contributed by atoms with Gasteiger partial charge in [0.25, 0.3) is 5.91 Å². The Kier molecular flexibility index (Phi) is 13.6. The fourth-order valence-corrected chi connectivity index (χ4v) is 8.05. The van der Waals surface area contributed by atoms with E-state index >= 15 is 0 Å². The Morgan fingerprint density at radius 3 is 2.33 bits per heavy atom. The molecule has 13 heteroatoms. The highest BCUT2D eigenvalue weighted by molar-refractivity contribution is 9.10. The molecule has 1 saturated carbocycles. The molecule has 0 aromatic heterocycles. The van der Waals surface area contributed by atoms with Crippen molar-refractivity contribution in [3.63, 3.8) is 0 Å². The van der Waals surface area contributed by atoms with Crippen LogP contribution < -0.4 is 21.1 Å². The van der Waals surface area contributed by atoms with Gasteiger partial charge in [0.05, 0.1) is 11.7 Å². The number of nitrogens with two attached hydrogens (primary N) is 1. The van der Waals surface area contributed by atoms with Crippen LogP contribution in [0, 0.1) is 39.4 Å². The molecule has 0 bridgehead atoms. The minimum atomic E-state index is -0.931. The molecule has 3 atom stereocenters. The molecular formula is C41H52BrN5O7. The van der Waals surface area contributed by atoms with Crippen LogP contribution in [0.5, 0.6) is 5.75 Å². The van der Waals surface area contributed by atoms with E-state index in [-0.39, 0.29) is 48.5 Å². The molecule has 54 heavy (non-hydrogen) atoms. The molecule has 1 saturated heterocycles. The molecular weight excluding hydrogens is 754 g/mol. The number of primary amides is 1. The molecule has 2 fully saturated rings. The Balaban J connectivity index is 1.18. The minimum Gasteiger partial charge on any atom is -0.489 e. The lowest BCUT2D eigenvalue weighted by molar-refractivity contribution is -0.164. The van der Waals surface area contributed by atoms with E-state index in [9.17, 15) is 29.5 Å². The molecule has 2 aliphatic rings. The van der Waals surface area contributed by atoms with Crippen molar-refractivity contribution < 1.29 is 33.8 Å². The molecule has 5 N–H and O–H groups in total. The topological polar surface area (TPSA) is 184 Å². The van der Waals surface area contributed by atoms with Gasteiger partial charge in [-0.3, -0.25) is 19.2 Å². The normalized spacial score (nSPS) is 21.7. The zero-order chi connectivity index (χ0) is 40.0. The molecule has 4 amide bonds. The van der Waals surface area contributed by atoms with E-state index in [4.69, 9.17) is 15.2 Å². The highest BCUT2D eigenvalue weighted by Crippen LogP contribution is 2.55. The van der Waals surface area contributed by atoms with Gasteiger partial charge in [0.15, 0.2) is 0 Å². The first-order chi connectivity index (χ1) is 25.3. The molecule has 0 unspecified atom stereocenters. The van der Waals surface area contributed by atoms with Gasteiger partial charge in [0, 0.05) is 58.5 Å². The number of halogens is 1. The number of β-amino-alcohol motifs (C(OH)–C–C–N with tert-alkyl or cyclic N) is 1. The Hall–Kier alpha value is -4.43. The number of ether oxygens (including phenoxy) is 2. The van der Waals surface area contributed by atoms with E-state index in [0.717, 1.165) is 12.0 Å². The van der Waals surface area contributed by atoms with Gasteiger partial charge in [0.2, 0.25) is 17.7 Å². The second-order valence-corrected chi connectivity index (χ2v) is 17.2. The van der Waals surface area contributed by atoms with Crippen LogP contribution in [0.25, 0.3) is 0 Å². The molecule has 1 aliphatic carbocycles. The second-order valence-electron chi connectivity index (χ2n) is 16.4. The number of nitriles is 1. The van der Waals surface area contributed by atoms with Gasteiger partial charge in [0.1, 0.15) is 36.6 Å². The van der Waals surface area contributed by atoms with Gasteiger partial charge in [-0.15, -0.1) is 0 Å². The van der Waals surface area contributed by atoms with Gasteiger partial charge in [-0.25, -0.2) is 0 Å². The number of hydrogen-bond donors (Lipinski definition) is 4. The molecule has 1 heterocycles. The highest BCUT2D eigenvalue weighted by atomic mass is 79.9. The first kappa shape index (κ1) is 42.3. The number of amides is 4. The standard InChI is InChI=1S/C41H52BrN5O7/c1-39(2,3)33(36(52)47-23-28(48)20-31(47)34(44)50)45-32(49)24-53-19-11-9-8-10-12-25-13-15-26(16-14-25)35(51)46-37-40(4,5)38(41(37,6)7)54-29-18-17-27(22-43)30(42)21-29/h13-18,21,28,31,33,37-38,48H,8-9,11,19-20,23-24H2,1-7H3,(H2,44,50)(H,45,49)(H,46,51)/t28-,31+,33-,37-,38-/m1/s1. The number of benzene rings is 2. The van der Waals surface area contributed by atoms with Crippen molar-refractivity contribution in [2.24, 2.45) is 22.0 Å². The van der Waals surface area contributed by atoms with Crippen molar-refractivity contribution in [3.05, 3.63) is 63.6 Å². The lowest BCUT2D eigenvalue weighted by Gasteiger charge is -2.63. The van der Waals surface area contributed by atoms with Crippen molar-refractivity contribution in [2.45, 2.75) is 104 Å². The van der Waals surface area contributed by atoms with Crippen LogP contribution in [0.15, 0.2) is 46.9 Å². The fourth-order valence-electron chi connectivity index (χ4n) is 7.61. The third kappa shape index (κ3) is 10.0. The van der Waals surface area contributed by atoms with Gasteiger partial charge in [-0.1, -0.05) is 60.3 Å². The number of aliphatic hydroxyl groups excluding tert-OH is 1. The van der Waals surface area contributed by atoms with Gasteiger partial charge < -0.3 is 35.8 Å². The van der Waals surface area contributed by atoms with Crippen LogP contribution in [0.2, 0.25) is 0 Å². The summed E-state index contributed by atoms with van der Waals surface area (Å²) in [5.41, 5.74) is 5.95. The van der Waals surface area contributed by atoms with Gasteiger partial charge in [-0.05, 0) is 76.7 Å². The van der Waals surface area contributed by atoms with Crippen LogP contribution in [-0.2, 0) is 19.1 Å². The van der Waals surface area contributed by atoms with Gasteiger partial charge in [-0.2, -0.15) is 5.26 Å². The number of nitrogens with zero attached hydrogens (tertiary/aromatic N) is 2. The number of carbonyl (C=O) groups is 4. The third-order valence-electron chi connectivity index (χ3n) is 10.2. The van der Waals surface area contributed by atoms with E-state index in [1.807, 2.05) is 12.1 Å². The van der Waals surface area contributed by atoms with Crippen LogP contribution in [0.4, 0.5) is 0 Å². The van der Waals surface area contributed by atoms with Crippen molar-refractivity contribution in [3.8, 4) is 23.7 Å². The van der Waals surface area contributed by atoms with Crippen molar-refractivity contribution in [2.75, 3.05) is 19.8 Å². The molecule has 0 spiro atoms. The first-order valence-corrected chi connectivity index (χ1v) is 19.0. The average molecular weight is 807 g/mol. The summed E-state index contributed by atoms with van der Waals surface area (Å²) in [6.45, 7) is 13.8. The zero-order valence-corrected chi connectivity index (χ0v) is 33.7. The molecule has 2 aromatic rings. The number of likely N-dealkylation sites (tertiary alicyclic amines) is 1. The summed E-state index contributed by atoms with van der Waals surface area (Å²) < 4.78 is 12.6. The lowest BCUT2D eigenvalue weighted by atomic mass is 9.49. The molecule has 0 radical (unpaired) electrons. The SMILES string of the molecule is CC(C)(C)[C@H](NC(=O)COCCCCC#Cc1ccc(C(=O)N[C@H]2C(C)(C)[C@H](Oc3ccc(C#N)c(Br)c3)C2(C)C)cc1)C(=O)N1C[C@H](O)C[C@H]1C(N)=O. The van der Waals surface area contributed by atoms with Crippen LogP contribution in [0.1, 0.15) is 95.6 Å². The fraction of sp³-hybridized carbons (Fsp3) is 0.537. The quantitative estimate of drug-likeness (QED) is 0.169. The molecule has 4 rings (SSSR count). The summed E-state index contributed by atoms with van der Waals surface area (Å²) in [5.74, 6) is 5.14. The maximum atomic E-state index is 13.3. The van der Waals surface area contributed by atoms with Crippen molar-refractivity contribution in [1.29, 1.82) is 5.26 Å². The Labute approximate surface area is 326 Å². The summed E-state index contributed by atoms with van der Waals surface area (Å²) in [6.07, 6.45) is 1.11. The predicted molar refractivity (Wildman–Crippen MR) is 207 cm³/mol. The summed E-state index contributed by atoms with van der Waals surface area (Å²) in [7, 11) is 0. The number of aliphatic hydroxyl groups is 1. The molecule has 290 valence electrons. The first-order valence-electron chi connectivity index (χ1n) is 18.2. The van der Waals surface area contributed by atoms with E-state index in [1.54, 1.807) is 51.1 Å². The van der Waals surface area contributed by atoms with Crippen molar-refractivity contribution >= 4 is 39.6 Å². The summed E-state index contributed by atoms with van der Waals surface area (Å²) in [6, 6.07) is 12.6. The third-order valence-corrected chi connectivity index (χ3v) is 10.8. The Morgan fingerprint density at radius 2 is 1.74 bits per heavy atom. The van der Waals surface area contributed by atoms with E-state index in [2.05, 4.69) is 72.2 Å². The molecule has 2 aromatic carbocycles. The number of rotatable bonds is 13.